The average Bonchev–Trinajstić information content (AvgIpc) is 3.25. The van der Waals surface area contributed by atoms with Crippen LogP contribution in [0.3, 0.4) is 0 Å². The van der Waals surface area contributed by atoms with Gasteiger partial charge in [-0.05, 0) is 41.5 Å². The maximum atomic E-state index is 6.26. The highest BCUT2D eigenvalue weighted by Crippen LogP contribution is 2.43. The summed E-state index contributed by atoms with van der Waals surface area (Å²) in [6.07, 6.45) is 1.76. The maximum absolute atomic E-state index is 6.26. The fraction of sp³-hybridized carbons (Fsp3) is 0.0370. The molecule has 1 heterocycles. The first-order valence-corrected chi connectivity index (χ1v) is 12.8. The molecular weight excluding hydrogens is 487 g/mol. The largest absolute Gasteiger partial charge is 0.256 e. The summed E-state index contributed by atoms with van der Waals surface area (Å²) in [6, 6.07) is 32.6. The molecule has 0 aliphatic heterocycles. The van der Waals surface area contributed by atoms with E-state index in [1.807, 2.05) is 30.3 Å². The molecule has 0 saturated heterocycles. The van der Waals surface area contributed by atoms with Crippen LogP contribution >= 0.6 is 46.3 Å². The first-order valence-electron chi connectivity index (χ1n) is 10.3. The van der Waals surface area contributed by atoms with Crippen LogP contribution in [0.25, 0.3) is 10.2 Å². The van der Waals surface area contributed by atoms with Crippen molar-refractivity contribution in [1.82, 2.24) is 4.98 Å². The third-order valence-electron chi connectivity index (χ3n) is 5.09. The van der Waals surface area contributed by atoms with Gasteiger partial charge >= 0.3 is 0 Å². The first kappa shape index (κ1) is 22.2. The Morgan fingerprint density at radius 1 is 0.818 bits per heavy atom. The molecule has 0 bridgehead atoms. The topological polar surface area (TPSA) is 25.2 Å². The van der Waals surface area contributed by atoms with Crippen molar-refractivity contribution in [3.8, 4) is 0 Å². The fourth-order valence-electron chi connectivity index (χ4n) is 3.46. The molecule has 0 fully saturated rings. The zero-order valence-corrected chi connectivity index (χ0v) is 20.5. The summed E-state index contributed by atoms with van der Waals surface area (Å²) in [4.78, 5) is 9.48. The van der Waals surface area contributed by atoms with Crippen LogP contribution in [-0.2, 0) is 0 Å². The van der Waals surface area contributed by atoms with Gasteiger partial charge in [-0.25, -0.2) is 4.98 Å². The molecule has 5 rings (SSSR count). The zero-order valence-electron chi connectivity index (χ0n) is 17.4. The third-order valence-corrected chi connectivity index (χ3v) is 8.08. The van der Waals surface area contributed by atoms with Crippen molar-refractivity contribution >= 4 is 68.4 Å². The number of thiazole rings is 1. The van der Waals surface area contributed by atoms with E-state index >= 15 is 0 Å². The standard InChI is InChI=1S/C27H18Cl2N2S2/c28-21-12-11-20(23(29)15-21)17-30-22-13-14-24-25(16-22)32-27(31-24)33-26(18-7-3-1-4-8-18)19-9-5-2-6-10-19/h1-17,26H. The lowest BCUT2D eigenvalue weighted by Gasteiger charge is -2.16. The molecule has 0 unspecified atom stereocenters. The summed E-state index contributed by atoms with van der Waals surface area (Å²) < 4.78 is 2.14. The predicted molar refractivity (Wildman–Crippen MR) is 144 cm³/mol. The van der Waals surface area contributed by atoms with Gasteiger partial charge in [-0.2, -0.15) is 0 Å². The van der Waals surface area contributed by atoms with Crippen molar-refractivity contribution in [2.45, 2.75) is 9.59 Å². The third kappa shape index (κ3) is 5.31. The molecule has 4 aromatic carbocycles. The summed E-state index contributed by atoms with van der Waals surface area (Å²) in [7, 11) is 0. The monoisotopic (exact) mass is 504 g/mol. The number of halogens is 2. The van der Waals surface area contributed by atoms with Crippen LogP contribution in [0.2, 0.25) is 10.0 Å². The minimum Gasteiger partial charge on any atom is -0.256 e. The number of fused-ring (bicyclic) bond motifs is 1. The van der Waals surface area contributed by atoms with E-state index in [1.54, 1.807) is 41.4 Å². The van der Waals surface area contributed by atoms with E-state index in [9.17, 15) is 0 Å². The van der Waals surface area contributed by atoms with Crippen LogP contribution in [0.1, 0.15) is 21.9 Å². The molecule has 0 N–H and O–H groups in total. The van der Waals surface area contributed by atoms with Gasteiger partial charge in [0.1, 0.15) is 0 Å². The number of thioether (sulfide) groups is 1. The molecule has 2 nitrogen and oxygen atoms in total. The average molecular weight is 505 g/mol. The van der Waals surface area contributed by atoms with Gasteiger partial charge in [0.15, 0.2) is 4.34 Å². The van der Waals surface area contributed by atoms with E-state index < -0.39 is 0 Å². The van der Waals surface area contributed by atoms with Crippen molar-refractivity contribution < 1.29 is 0 Å². The quantitative estimate of drug-likeness (QED) is 0.170. The second kappa shape index (κ2) is 10.1. The summed E-state index contributed by atoms with van der Waals surface area (Å²) in [5, 5.41) is 1.37. The SMILES string of the molecule is Clc1ccc(C=Nc2ccc3nc(SC(c4ccccc4)c4ccccc4)sc3c2)c(Cl)c1. The van der Waals surface area contributed by atoms with E-state index in [4.69, 9.17) is 28.2 Å². The van der Waals surface area contributed by atoms with Gasteiger partial charge in [-0.15, -0.1) is 11.3 Å². The Morgan fingerprint density at radius 2 is 1.52 bits per heavy atom. The molecule has 162 valence electrons. The van der Waals surface area contributed by atoms with Crippen molar-refractivity contribution in [3.63, 3.8) is 0 Å². The van der Waals surface area contributed by atoms with E-state index in [0.717, 1.165) is 25.8 Å². The van der Waals surface area contributed by atoms with Gasteiger partial charge < -0.3 is 0 Å². The van der Waals surface area contributed by atoms with Gasteiger partial charge in [-0.1, -0.05) is 102 Å². The number of hydrogen-bond acceptors (Lipinski definition) is 4. The highest BCUT2D eigenvalue weighted by Gasteiger charge is 2.18. The molecule has 33 heavy (non-hydrogen) atoms. The molecule has 0 radical (unpaired) electrons. The second-order valence-corrected chi connectivity index (χ2v) is 10.6. The van der Waals surface area contributed by atoms with E-state index in [2.05, 4.69) is 59.6 Å². The first-order chi connectivity index (χ1) is 16.2. The van der Waals surface area contributed by atoms with Gasteiger partial charge in [0.05, 0.1) is 26.2 Å². The summed E-state index contributed by atoms with van der Waals surface area (Å²) in [5.74, 6) is 0. The number of aromatic nitrogens is 1. The maximum Gasteiger partial charge on any atom is 0.152 e. The van der Waals surface area contributed by atoms with E-state index in [-0.39, 0.29) is 5.25 Å². The lowest BCUT2D eigenvalue weighted by Crippen LogP contribution is -1.96. The van der Waals surface area contributed by atoms with Gasteiger partial charge in [0.2, 0.25) is 0 Å². The van der Waals surface area contributed by atoms with Crippen molar-refractivity contribution in [1.29, 1.82) is 0 Å². The summed E-state index contributed by atoms with van der Waals surface area (Å²) in [5.41, 5.74) is 5.19. The van der Waals surface area contributed by atoms with Gasteiger partial charge in [0.25, 0.3) is 0 Å². The van der Waals surface area contributed by atoms with Crippen molar-refractivity contribution in [2.75, 3.05) is 0 Å². The van der Waals surface area contributed by atoms with Gasteiger partial charge in [0, 0.05) is 16.8 Å². The predicted octanol–water partition coefficient (Wildman–Crippen LogP) is 9.24. The molecule has 0 saturated carbocycles. The van der Waals surface area contributed by atoms with Gasteiger partial charge in [-0.3, -0.25) is 4.99 Å². The number of hydrogen-bond donors (Lipinski definition) is 0. The Labute approximate surface area is 210 Å². The molecule has 0 aliphatic carbocycles. The number of aliphatic imine (C=N–C) groups is 1. The normalized spacial score (nSPS) is 11.6. The molecule has 0 aliphatic rings. The second-order valence-electron chi connectivity index (χ2n) is 7.38. The molecular formula is C27H18Cl2N2S2. The van der Waals surface area contributed by atoms with Crippen LogP contribution in [0.5, 0.6) is 0 Å². The number of nitrogens with zero attached hydrogens (tertiary/aromatic N) is 2. The Bertz CT molecular complexity index is 1380. The Balaban J connectivity index is 1.42. The Kier molecular flexibility index (Phi) is 6.79. The Hall–Kier alpha value is -2.63. The summed E-state index contributed by atoms with van der Waals surface area (Å²) >= 11 is 15.7. The van der Waals surface area contributed by atoms with Crippen molar-refractivity contribution in [3.05, 3.63) is 124 Å². The zero-order chi connectivity index (χ0) is 22.6. The fourth-order valence-corrected chi connectivity index (χ4v) is 6.34. The highest BCUT2D eigenvalue weighted by molar-refractivity contribution is 8.01. The lowest BCUT2D eigenvalue weighted by atomic mass is 10.0. The molecule has 6 heteroatoms. The minimum atomic E-state index is 0.178. The van der Waals surface area contributed by atoms with Crippen LogP contribution in [0.4, 0.5) is 5.69 Å². The lowest BCUT2D eigenvalue weighted by molar-refractivity contribution is 1.14. The highest BCUT2D eigenvalue weighted by atomic mass is 35.5. The minimum absolute atomic E-state index is 0.178. The molecule has 0 spiro atoms. The number of rotatable bonds is 6. The Morgan fingerprint density at radius 3 is 2.18 bits per heavy atom. The molecule has 1 aromatic heterocycles. The molecule has 0 atom stereocenters. The summed E-state index contributed by atoms with van der Waals surface area (Å²) in [6.45, 7) is 0. The molecule has 0 amide bonds. The van der Waals surface area contributed by atoms with E-state index in [0.29, 0.717) is 10.0 Å². The van der Waals surface area contributed by atoms with E-state index in [1.165, 1.54) is 11.1 Å². The van der Waals surface area contributed by atoms with Crippen molar-refractivity contribution in [2.24, 2.45) is 4.99 Å². The van der Waals surface area contributed by atoms with Crippen LogP contribution in [0.15, 0.2) is 106 Å². The van der Waals surface area contributed by atoms with Crippen LogP contribution in [0, 0.1) is 0 Å². The van der Waals surface area contributed by atoms with Crippen LogP contribution in [-0.4, -0.2) is 11.2 Å². The molecule has 5 aromatic rings. The van der Waals surface area contributed by atoms with Crippen LogP contribution < -0.4 is 0 Å². The smallest absolute Gasteiger partial charge is 0.152 e. The number of benzene rings is 4.